The molecule has 2 aromatic carbocycles. The number of ether oxygens (including phenoxy) is 1. The molecular weight excluding hydrogens is 334 g/mol. The summed E-state index contributed by atoms with van der Waals surface area (Å²) in [4.78, 5) is 35.8. The summed E-state index contributed by atoms with van der Waals surface area (Å²) in [6.07, 6.45) is -1.03. The van der Waals surface area contributed by atoms with Crippen molar-refractivity contribution >= 4 is 34.3 Å². The first-order chi connectivity index (χ1) is 12.4. The van der Waals surface area contributed by atoms with Crippen LogP contribution in [0.3, 0.4) is 0 Å². The Morgan fingerprint density at radius 3 is 2.54 bits per heavy atom. The first-order valence-electron chi connectivity index (χ1n) is 8.05. The third-order valence-electron chi connectivity index (χ3n) is 3.82. The Morgan fingerprint density at radius 2 is 1.81 bits per heavy atom. The van der Waals surface area contributed by atoms with E-state index in [2.05, 4.69) is 5.32 Å². The molecule has 0 aliphatic rings. The lowest BCUT2D eigenvalue weighted by atomic mass is 10.1. The maximum atomic E-state index is 12.2. The van der Waals surface area contributed by atoms with Gasteiger partial charge in [-0.25, -0.2) is 4.79 Å². The minimum absolute atomic E-state index is 0.0319. The molecule has 0 radical (unpaired) electrons. The number of para-hydroxylation sites is 1. The number of esters is 1. The van der Waals surface area contributed by atoms with E-state index in [0.29, 0.717) is 16.8 Å². The highest BCUT2D eigenvalue weighted by molar-refractivity contribution is 5.99. The van der Waals surface area contributed by atoms with Crippen molar-refractivity contribution in [2.75, 3.05) is 5.32 Å². The summed E-state index contributed by atoms with van der Waals surface area (Å²) < 4.78 is 10.6. The van der Waals surface area contributed by atoms with Crippen LogP contribution in [-0.4, -0.2) is 23.8 Å². The topological polar surface area (TPSA) is 85.6 Å². The number of ketones is 1. The van der Waals surface area contributed by atoms with Gasteiger partial charge in [-0.3, -0.25) is 9.59 Å². The van der Waals surface area contributed by atoms with Crippen LogP contribution in [0.4, 0.5) is 5.69 Å². The van der Waals surface area contributed by atoms with E-state index in [0.717, 1.165) is 5.39 Å². The van der Waals surface area contributed by atoms with Crippen molar-refractivity contribution in [3.63, 3.8) is 0 Å². The van der Waals surface area contributed by atoms with Crippen LogP contribution in [0.15, 0.2) is 59.0 Å². The number of furan rings is 1. The number of anilines is 1. The van der Waals surface area contributed by atoms with E-state index in [4.69, 9.17) is 9.15 Å². The fourth-order valence-electron chi connectivity index (χ4n) is 2.41. The van der Waals surface area contributed by atoms with Crippen LogP contribution in [0.25, 0.3) is 11.0 Å². The molecule has 3 aromatic rings. The van der Waals surface area contributed by atoms with Gasteiger partial charge in [0.2, 0.25) is 5.76 Å². The van der Waals surface area contributed by atoms with Crippen LogP contribution in [0.1, 0.15) is 34.8 Å². The molecule has 0 fully saturated rings. The van der Waals surface area contributed by atoms with Crippen molar-refractivity contribution in [3.05, 3.63) is 65.9 Å². The second kappa shape index (κ2) is 7.23. The number of fused-ring (bicyclic) bond motifs is 1. The first kappa shape index (κ1) is 17.4. The van der Waals surface area contributed by atoms with E-state index < -0.39 is 18.0 Å². The van der Waals surface area contributed by atoms with Crippen LogP contribution in [-0.2, 0) is 9.53 Å². The highest BCUT2D eigenvalue weighted by Crippen LogP contribution is 2.20. The maximum absolute atomic E-state index is 12.2. The van der Waals surface area contributed by atoms with Crippen LogP contribution in [0.2, 0.25) is 0 Å². The molecule has 0 spiro atoms. The molecule has 0 aliphatic heterocycles. The van der Waals surface area contributed by atoms with Crippen molar-refractivity contribution < 1.29 is 23.5 Å². The molecule has 1 unspecified atom stereocenters. The number of amides is 1. The van der Waals surface area contributed by atoms with E-state index in [1.165, 1.54) is 13.8 Å². The van der Waals surface area contributed by atoms with Crippen LogP contribution in [0, 0.1) is 0 Å². The maximum Gasteiger partial charge on any atom is 0.375 e. The fraction of sp³-hybridized carbons (Fsp3) is 0.150. The summed E-state index contributed by atoms with van der Waals surface area (Å²) >= 11 is 0. The zero-order chi connectivity index (χ0) is 18.7. The Bertz CT molecular complexity index is 956. The smallest absolute Gasteiger partial charge is 0.375 e. The van der Waals surface area contributed by atoms with Crippen molar-refractivity contribution in [1.82, 2.24) is 0 Å². The van der Waals surface area contributed by atoms with Gasteiger partial charge in [0, 0.05) is 16.6 Å². The van der Waals surface area contributed by atoms with Crippen molar-refractivity contribution in [3.8, 4) is 0 Å². The molecular formula is C20H17NO5. The molecule has 3 rings (SSSR count). The van der Waals surface area contributed by atoms with Gasteiger partial charge in [0.15, 0.2) is 11.9 Å². The Balaban J connectivity index is 1.66. The second-order valence-corrected chi connectivity index (χ2v) is 5.82. The summed E-state index contributed by atoms with van der Waals surface area (Å²) in [6.45, 7) is 2.91. The lowest BCUT2D eigenvalue weighted by Gasteiger charge is -2.13. The minimum Gasteiger partial charge on any atom is -0.449 e. The van der Waals surface area contributed by atoms with Crippen molar-refractivity contribution in [1.29, 1.82) is 0 Å². The van der Waals surface area contributed by atoms with Gasteiger partial charge in [0.05, 0.1) is 0 Å². The molecule has 0 saturated heterocycles. The SMILES string of the molecule is CC(=O)c1cccc(NC(=O)C(C)OC(=O)c2cc3ccccc3o2)c1. The quantitative estimate of drug-likeness (QED) is 0.558. The highest BCUT2D eigenvalue weighted by Gasteiger charge is 2.21. The molecule has 0 aliphatic carbocycles. The number of carbonyl (C=O) groups excluding carboxylic acids is 3. The van der Waals surface area contributed by atoms with Crippen LogP contribution in [0.5, 0.6) is 0 Å². The summed E-state index contributed by atoms with van der Waals surface area (Å²) in [5.74, 6) is -1.30. The third-order valence-corrected chi connectivity index (χ3v) is 3.82. The van der Waals surface area contributed by atoms with Gasteiger partial charge in [-0.1, -0.05) is 30.3 Å². The average Bonchev–Trinajstić information content (AvgIpc) is 3.06. The van der Waals surface area contributed by atoms with Crippen molar-refractivity contribution in [2.24, 2.45) is 0 Å². The molecule has 132 valence electrons. The Labute approximate surface area is 149 Å². The minimum atomic E-state index is -1.03. The van der Waals surface area contributed by atoms with Gasteiger partial charge in [-0.15, -0.1) is 0 Å². The Morgan fingerprint density at radius 1 is 1.04 bits per heavy atom. The third kappa shape index (κ3) is 3.80. The summed E-state index contributed by atoms with van der Waals surface area (Å²) in [5, 5.41) is 3.40. The molecule has 1 aromatic heterocycles. The predicted molar refractivity (Wildman–Crippen MR) is 96.2 cm³/mol. The lowest BCUT2D eigenvalue weighted by molar-refractivity contribution is -0.123. The summed E-state index contributed by atoms with van der Waals surface area (Å²) in [5.41, 5.74) is 1.50. The molecule has 1 heterocycles. The van der Waals surface area contributed by atoms with Gasteiger partial charge in [-0.2, -0.15) is 0 Å². The first-order valence-corrected chi connectivity index (χ1v) is 8.05. The van der Waals surface area contributed by atoms with Crippen LogP contribution < -0.4 is 5.32 Å². The number of hydrogen-bond donors (Lipinski definition) is 1. The van der Waals surface area contributed by atoms with E-state index in [1.54, 1.807) is 42.5 Å². The molecule has 0 saturated carbocycles. The molecule has 1 N–H and O–H groups in total. The number of hydrogen-bond acceptors (Lipinski definition) is 5. The Kier molecular flexibility index (Phi) is 4.84. The zero-order valence-electron chi connectivity index (χ0n) is 14.3. The number of carbonyl (C=O) groups is 3. The second-order valence-electron chi connectivity index (χ2n) is 5.82. The molecule has 1 atom stereocenters. The zero-order valence-corrected chi connectivity index (χ0v) is 14.3. The van der Waals surface area contributed by atoms with Gasteiger partial charge >= 0.3 is 5.97 Å². The Hall–Kier alpha value is -3.41. The standard InChI is InChI=1S/C20H17NO5/c1-12(22)14-7-5-8-16(10-14)21-19(23)13(2)25-20(24)18-11-15-6-3-4-9-17(15)26-18/h3-11,13H,1-2H3,(H,21,23). The van der Waals surface area contributed by atoms with Gasteiger partial charge in [-0.05, 0) is 38.1 Å². The molecule has 6 nitrogen and oxygen atoms in total. The normalized spacial score (nSPS) is 11.8. The highest BCUT2D eigenvalue weighted by atomic mass is 16.6. The predicted octanol–water partition coefficient (Wildman–Crippen LogP) is 3.82. The van der Waals surface area contributed by atoms with Gasteiger partial charge in [0.25, 0.3) is 5.91 Å². The molecule has 1 amide bonds. The number of benzene rings is 2. The van der Waals surface area contributed by atoms with E-state index in [-0.39, 0.29) is 11.5 Å². The molecule has 0 bridgehead atoms. The summed E-state index contributed by atoms with van der Waals surface area (Å²) in [7, 11) is 0. The monoisotopic (exact) mass is 351 g/mol. The van der Waals surface area contributed by atoms with E-state index >= 15 is 0 Å². The van der Waals surface area contributed by atoms with Crippen molar-refractivity contribution in [2.45, 2.75) is 20.0 Å². The van der Waals surface area contributed by atoms with Crippen LogP contribution >= 0.6 is 0 Å². The lowest BCUT2D eigenvalue weighted by Crippen LogP contribution is -2.29. The number of nitrogens with one attached hydrogen (secondary N) is 1. The summed E-state index contributed by atoms with van der Waals surface area (Å²) in [6, 6.07) is 15.3. The average molecular weight is 351 g/mol. The van der Waals surface area contributed by atoms with Gasteiger partial charge < -0.3 is 14.5 Å². The molecule has 6 heteroatoms. The number of rotatable bonds is 5. The largest absolute Gasteiger partial charge is 0.449 e. The number of Topliss-reactive ketones (excluding diaryl/α,β-unsaturated/α-hetero) is 1. The fourth-order valence-corrected chi connectivity index (χ4v) is 2.41. The molecule has 26 heavy (non-hydrogen) atoms. The van der Waals surface area contributed by atoms with E-state index in [1.807, 2.05) is 12.1 Å². The van der Waals surface area contributed by atoms with Gasteiger partial charge in [0.1, 0.15) is 5.58 Å². The van der Waals surface area contributed by atoms with E-state index in [9.17, 15) is 14.4 Å².